The smallest absolute Gasteiger partial charge is 0.166 e. The van der Waals surface area contributed by atoms with Crippen LogP contribution in [0, 0.1) is 17.5 Å². The van der Waals surface area contributed by atoms with Crippen molar-refractivity contribution in [1.29, 1.82) is 0 Å². The molecule has 1 saturated heterocycles. The van der Waals surface area contributed by atoms with Crippen LogP contribution in [0.25, 0.3) is 11.1 Å². The molecule has 2 unspecified atom stereocenters. The van der Waals surface area contributed by atoms with Gasteiger partial charge in [0.05, 0.1) is 18.8 Å². The van der Waals surface area contributed by atoms with Gasteiger partial charge in [-0.1, -0.05) is 51.0 Å². The van der Waals surface area contributed by atoms with E-state index in [1.54, 1.807) is 18.2 Å². The zero-order valence-corrected chi connectivity index (χ0v) is 17.1. The molecule has 0 saturated carbocycles. The molecule has 29 heavy (non-hydrogen) atoms. The minimum absolute atomic E-state index is 0.0545. The van der Waals surface area contributed by atoms with Gasteiger partial charge in [0.2, 0.25) is 0 Å². The van der Waals surface area contributed by atoms with Crippen LogP contribution >= 0.6 is 0 Å². The van der Waals surface area contributed by atoms with Crippen LogP contribution in [-0.2, 0) is 15.9 Å². The van der Waals surface area contributed by atoms with Gasteiger partial charge in [-0.2, -0.15) is 0 Å². The van der Waals surface area contributed by atoms with E-state index in [4.69, 9.17) is 9.47 Å². The molecule has 0 amide bonds. The lowest BCUT2D eigenvalue weighted by Gasteiger charge is -2.29. The van der Waals surface area contributed by atoms with Crippen molar-refractivity contribution in [3.8, 4) is 11.1 Å². The molecule has 0 spiro atoms. The summed E-state index contributed by atoms with van der Waals surface area (Å²) in [7, 11) is 0. The van der Waals surface area contributed by atoms with Crippen LogP contribution in [0.2, 0.25) is 0 Å². The summed E-state index contributed by atoms with van der Waals surface area (Å²) < 4.78 is 55.1. The van der Waals surface area contributed by atoms with Crippen molar-refractivity contribution in [3.05, 3.63) is 58.9 Å². The van der Waals surface area contributed by atoms with Gasteiger partial charge < -0.3 is 9.47 Å². The minimum atomic E-state index is -0.927. The molecule has 0 bridgehead atoms. The average Bonchev–Trinajstić information content (AvgIpc) is 2.72. The molecule has 2 aromatic carbocycles. The second-order valence-electron chi connectivity index (χ2n) is 7.63. The summed E-state index contributed by atoms with van der Waals surface area (Å²) in [5.74, 6) is -2.24. The molecule has 3 rings (SSSR count). The third-order valence-corrected chi connectivity index (χ3v) is 5.43. The first-order chi connectivity index (χ1) is 14.0. The fourth-order valence-corrected chi connectivity index (χ4v) is 3.73. The summed E-state index contributed by atoms with van der Waals surface area (Å²) in [5.41, 5.74) is 1.19. The summed E-state index contributed by atoms with van der Waals surface area (Å²) in [4.78, 5) is 0. The predicted molar refractivity (Wildman–Crippen MR) is 108 cm³/mol. The minimum Gasteiger partial charge on any atom is -0.376 e. The molecule has 0 aromatic heterocycles. The highest BCUT2D eigenvalue weighted by Crippen LogP contribution is 2.34. The fraction of sp³-hybridized carbons (Fsp3) is 0.500. The molecule has 0 radical (unpaired) electrons. The lowest BCUT2D eigenvalue weighted by molar-refractivity contribution is -0.0880. The molecule has 2 nitrogen and oxygen atoms in total. The number of benzene rings is 2. The van der Waals surface area contributed by atoms with Gasteiger partial charge in [0.25, 0.3) is 0 Å². The normalized spacial score (nSPS) is 19.5. The molecule has 158 valence electrons. The number of rotatable bonds is 8. The molecular formula is C24H29F3O2. The Morgan fingerprint density at radius 1 is 1.00 bits per heavy atom. The highest BCUT2D eigenvalue weighted by molar-refractivity contribution is 5.65. The zero-order chi connectivity index (χ0) is 20.8. The lowest BCUT2D eigenvalue weighted by atomic mass is 9.95. The van der Waals surface area contributed by atoms with E-state index in [0.717, 1.165) is 32.3 Å². The monoisotopic (exact) mass is 406 g/mol. The van der Waals surface area contributed by atoms with Crippen LogP contribution in [0.1, 0.15) is 63.2 Å². The number of ether oxygens (including phenoxy) is 2. The van der Waals surface area contributed by atoms with Crippen LogP contribution in [0.15, 0.2) is 30.3 Å². The number of unbranched alkanes of at least 4 members (excludes halogenated alkanes) is 1. The Morgan fingerprint density at radius 2 is 1.83 bits per heavy atom. The van der Waals surface area contributed by atoms with Crippen molar-refractivity contribution in [2.45, 2.75) is 64.6 Å². The Kier molecular flexibility index (Phi) is 7.73. The third kappa shape index (κ3) is 5.20. The van der Waals surface area contributed by atoms with E-state index in [1.165, 1.54) is 12.1 Å². The third-order valence-electron chi connectivity index (χ3n) is 5.43. The Hall–Kier alpha value is -1.85. The predicted octanol–water partition coefficient (Wildman–Crippen LogP) is 6.76. The molecular weight excluding hydrogens is 377 g/mol. The topological polar surface area (TPSA) is 18.5 Å². The quantitative estimate of drug-likeness (QED) is 0.451. The highest BCUT2D eigenvalue weighted by Gasteiger charge is 2.26. The first-order valence-electron chi connectivity index (χ1n) is 10.5. The van der Waals surface area contributed by atoms with E-state index in [0.29, 0.717) is 36.1 Å². The summed E-state index contributed by atoms with van der Waals surface area (Å²) in [6, 6.07) is 7.60. The molecule has 2 atom stereocenters. The van der Waals surface area contributed by atoms with Crippen LogP contribution in [-0.4, -0.2) is 19.3 Å². The summed E-state index contributed by atoms with van der Waals surface area (Å²) in [6.07, 6.45) is 4.49. The Labute approximate surface area is 171 Å². The van der Waals surface area contributed by atoms with E-state index in [-0.39, 0.29) is 17.8 Å². The van der Waals surface area contributed by atoms with Crippen LogP contribution in [0.3, 0.4) is 0 Å². The number of hydrogen-bond acceptors (Lipinski definition) is 2. The lowest BCUT2D eigenvalue weighted by Crippen LogP contribution is -2.28. The van der Waals surface area contributed by atoms with Gasteiger partial charge in [-0.25, -0.2) is 13.2 Å². The summed E-state index contributed by atoms with van der Waals surface area (Å²) in [6.45, 7) is 5.18. The Balaban J connectivity index is 1.71. The van der Waals surface area contributed by atoms with Crippen molar-refractivity contribution in [2.24, 2.45) is 0 Å². The van der Waals surface area contributed by atoms with Crippen LogP contribution in [0.4, 0.5) is 13.2 Å². The van der Waals surface area contributed by atoms with Gasteiger partial charge >= 0.3 is 0 Å². The fourth-order valence-electron chi connectivity index (χ4n) is 3.73. The first kappa shape index (κ1) is 21.8. The molecule has 1 aliphatic heterocycles. The first-order valence-corrected chi connectivity index (χ1v) is 10.5. The second kappa shape index (κ2) is 10.3. The van der Waals surface area contributed by atoms with Gasteiger partial charge in [0, 0.05) is 17.7 Å². The summed E-state index contributed by atoms with van der Waals surface area (Å²) in [5, 5.41) is 0. The maximum atomic E-state index is 14.8. The van der Waals surface area contributed by atoms with E-state index < -0.39 is 17.5 Å². The molecule has 5 heteroatoms. The SMILES string of the molecule is CCCCOC1CCC(c2ccc(-c3ccc(CCC)c(F)c3F)cc2F)OC1. The average molecular weight is 406 g/mol. The Morgan fingerprint density at radius 3 is 2.48 bits per heavy atom. The van der Waals surface area contributed by atoms with Crippen molar-refractivity contribution in [1.82, 2.24) is 0 Å². The molecule has 1 fully saturated rings. The van der Waals surface area contributed by atoms with Gasteiger partial charge in [-0.15, -0.1) is 0 Å². The van der Waals surface area contributed by atoms with Crippen molar-refractivity contribution < 1.29 is 22.6 Å². The number of halogens is 3. The highest BCUT2D eigenvalue weighted by atomic mass is 19.2. The molecule has 1 aliphatic rings. The van der Waals surface area contributed by atoms with Crippen LogP contribution in [0.5, 0.6) is 0 Å². The summed E-state index contributed by atoms with van der Waals surface area (Å²) >= 11 is 0. The molecule has 2 aromatic rings. The van der Waals surface area contributed by atoms with Gasteiger partial charge in [0.1, 0.15) is 5.82 Å². The van der Waals surface area contributed by atoms with Crippen molar-refractivity contribution >= 4 is 0 Å². The van der Waals surface area contributed by atoms with E-state index in [2.05, 4.69) is 6.92 Å². The number of hydrogen-bond donors (Lipinski definition) is 0. The van der Waals surface area contributed by atoms with Gasteiger partial charge in [-0.05, 0) is 42.9 Å². The number of aryl methyl sites for hydroxylation is 1. The van der Waals surface area contributed by atoms with Crippen LogP contribution < -0.4 is 0 Å². The second-order valence-corrected chi connectivity index (χ2v) is 7.63. The van der Waals surface area contributed by atoms with Crippen molar-refractivity contribution in [2.75, 3.05) is 13.2 Å². The Bertz CT molecular complexity index is 814. The van der Waals surface area contributed by atoms with E-state index >= 15 is 0 Å². The largest absolute Gasteiger partial charge is 0.376 e. The van der Waals surface area contributed by atoms with E-state index in [1.807, 2.05) is 6.92 Å². The van der Waals surface area contributed by atoms with Crippen molar-refractivity contribution in [3.63, 3.8) is 0 Å². The van der Waals surface area contributed by atoms with Gasteiger partial charge in [0.15, 0.2) is 11.6 Å². The molecule has 0 aliphatic carbocycles. The zero-order valence-electron chi connectivity index (χ0n) is 17.1. The maximum absolute atomic E-state index is 14.8. The molecule has 0 N–H and O–H groups in total. The standard InChI is InChI=1S/C24H29F3O2/c1-3-5-13-28-18-9-12-22(29-15-18)20-11-8-17(14-21(20)25)19-10-7-16(6-4-2)23(26)24(19)27/h7-8,10-11,14,18,22H,3-6,9,12-13,15H2,1-2H3. The van der Waals surface area contributed by atoms with Gasteiger partial charge in [-0.3, -0.25) is 0 Å². The molecule has 1 heterocycles. The maximum Gasteiger partial charge on any atom is 0.166 e. The van der Waals surface area contributed by atoms with E-state index in [9.17, 15) is 13.2 Å².